The Balaban J connectivity index is 1.98. The van der Waals surface area contributed by atoms with Crippen LogP contribution in [0.2, 0.25) is 5.02 Å². The van der Waals surface area contributed by atoms with Gasteiger partial charge in [0.05, 0.1) is 29.0 Å². The van der Waals surface area contributed by atoms with Gasteiger partial charge in [0.1, 0.15) is 17.1 Å². The average Bonchev–Trinajstić information content (AvgIpc) is 2.92. The maximum Gasteiger partial charge on any atom is 0.419 e. The first-order valence-corrected chi connectivity index (χ1v) is 12.2. The normalized spacial score (nSPS) is 13.4. The number of hydrogen-bond acceptors (Lipinski definition) is 3. The lowest BCUT2D eigenvalue weighted by atomic mass is 9.79. The lowest BCUT2D eigenvalue weighted by Crippen LogP contribution is -2.49. The molecule has 4 nitrogen and oxygen atoms in total. The summed E-state index contributed by atoms with van der Waals surface area (Å²) >= 11 is 6.01. The van der Waals surface area contributed by atoms with Gasteiger partial charge in [0.25, 0.3) is 5.91 Å². The Kier molecular flexibility index (Phi) is 8.30. The Bertz CT molecular complexity index is 1540. The molecule has 12 heteroatoms. The molecule has 0 unspecified atom stereocenters. The van der Waals surface area contributed by atoms with Crippen LogP contribution in [0.25, 0.3) is 0 Å². The summed E-state index contributed by atoms with van der Waals surface area (Å²) < 4.78 is 101. The summed E-state index contributed by atoms with van der Waals surface area (Å²) in [5.41, 5.74) is -4.79. The van der Waals surface area contributed by atoms with Gasteiger partial charge in [-0.1, -0.05) is 48.0 Å². The van der Waals surface area contributed by atoms with Crippen molar-refractivity contribution in [2.45, 2.75) is 24.3 Å². The zero-order valence-electron chi connectivity index (χ0n) is 21.1. The molecule has 0 bridgehead atoms. The molecule has 0 aliphatic heterocycles. The van der Waals surface area contributed by atoms with Gasteiger partial charge in [-0.25, -0.2) is 4.39 Å². The van der Waals surface area contributed by atoms with E-state index in [1.807, 2.05) is 0 Å². The van der Waals surface area contributed by atoms with Crippen LogP contribution in [-0.2, 0) is 24.3 Å². The number of carbonyl (C=O) groups excluding carboxylic acids is 1. The summed E-state index contributed by atoms with van der Waals surface area (Å²) in [4.78, 5) is 17.8. The van der Waals surface area contributed by atoms with E-state index in [4.69, 9.17) is 16.3 Å². The van der Waals surface area contributed by atoms with Gasteiger partial charge in [0.15, 0.2) is 0 Å². The van der Waals surface area contributed by atoms with Crippen LogP contribution in [-0.4, -0.2) is 18.0 Å². The molecule has 4 aromatic rings. The molecule has 0 aliphatic carbocycles. The fourth-order valence-electron chi connectivity index (χ4n) is 4.40. The molecule has 0 spiro atoms. The van der Waals surface area contributed by atoms with Crippen molar-refractivity contribution in [1.82, 2.24) is 10.3 Å². The number of benzene rings is 3. The van der Waals surface area contributed by atoms with Crippen LogP contribution in [0.15, 0.2) is 85.1 Å². The Morgan fingerprint density at radius 1 is 0.878 bits per heavy atom. The number of nitrogens with zero attached hydrogens (tertiary/aromatic N) is 1. The van der Waals surface area contributed by atoms with Crippen molar-refractivity contribution in [3.63, 3.8) is 0 Å². The second-order valence-corrected chi connectivity index (χ2v) is 9.43. The molecular weight excluding hydrogens is 577 g/mol. The number of pyridine rings is 1. The van der Waals surface area contributed by atoms with Crippen LogP contribution in [0.4, 0.5) is 30.7 Å². The summed E-state index contributed by atoms with van der Waals surface area (Å²) in [7, 11) is 1.07. The van der Waals surface area contributed by atoms with E-state index in [9.17, 15) is 35.5 Å². The lowest BCUT2D eigenvalue weighted by Gasteiger charge is -2.36. The highest BCUT2D eigenvalue weighted by atomic mass is 35.5. The molecule has 0 fully saturated rings. The van der Waals surface area contributed by atoms with Gasteiger partial charge < -0.3 is 10.1 Å². The molecular formula is C29H20ClF7N2O2. The molecule has 0 aliphatic rings. The molecule has 0 radical (unpaired) electrons. The highest BCUT2D eigenvalue weighted by Gasteiger charge is 2.42. The number of rotatable bonds is 7. The number of halogens is 8. The van der Waals surface area contributed by atoms with Crippen molar-refractivity contribution in [3.05, 3.63) is 129 Å². The van der Waals surface area contributed by atoms with Crippen molar-refractivity contribution in [2.24, 2.45) is 0 Å². The molecule has 0 saturated carbocycles. The number of amides is 1. The van der Waals surface area contributed by atoms with Crippen molar-refractivity contribution < 1.29 is 40.3 Å². The standard InChI is InChI=1S/C29H20ClF7N2O2/c1-41-24-11-8-19(14-22(24)29(35,36)37)27(15-17-5-3-2-4-6-17,25-12-9-20(30)16-38-25)39-26(40)18-7-10-23(31)21(13-18)28(32,33)34/h2-14,16H,15H2,1H3,(H,39,40)/t27-/m1/s1. The van der Waals surface area contributed by atoms with Crippen LogP contribution in [0.3, 0.4) is 0 Å². The third kappa shape index (κ3) is 6.45. The van der Waals surface area contributed by atoms with Gasteiger partial charge in [-0.15, -0.1) is 0 Å². The topological polar surface area (TPSA) is 51.2 Å². The monoisotopic (exact) mass is 596 g/mol. The van der Waals surface area contributed by atoms with E-state index in [1.54, 1.807) is 30.3 Å². The van der Waals surface area contributed by atoms with E-state index >= 15 is 0 Å². The number of methoxy groups -OCH3 is 1. The molecule has 1 amide bonds. The van der Waals surface area contributed by atoms with Crippen molar-refractivity contribution >= 4 is 17.5 Å². The maximum atomic E-state index is 14.1. The van der Waals surface area contributed by atoms with Crippen molar-refractivity contribution in [1.29, 1.82) is 0 Å². The molecule has 4 rings (SSSR count). The van der Waals surface area contributed by atoms with Crippen molar-refractivity contribution in [2.75, 3.05) is 7.11 Å². The summed E-state index contributed by atoms with van der Waals surface area (Å²) in [6, 6.07) is 16.0. The van der Waals surface area contributed by atoms with E-state index in [2.05, 4.69) is 10.3 Å². The van der Waals surface area contributed by atoms with Gasteiger partial charge in [-0.2, -0.15) is 26.3 Å². The third-order valence-electron chi connectivity index (χ3n) is 6.34. The molecule has 1 heterocycles. The minimum absolute atomic E-state index is 0.0375. The molecule has 1 atom stereocenters. The second-order valence-electron chi connectivity index (χ2n) is 8.99. The zero-order valence-corrected chi connectivity index (χ0v) is 21.8. The fraction of sp³-hybridized carbons (Fsp3) is 0.172. The third-order valence-corrected chi connectivity index (χ3v) is 6.56. The minimum atomic E-state index is -5.10. The van der Waals surface area contributed by atoms with Gasteiger partial charge in [-0.3, -0.25) is 9.78 Å². The number of hydrogen-bond donors (Lipinski definition) is 1. The van der Waals surface area contributed by atoms with E-state index in [0.29, 0.717) is 17.7 Å². The number of alkyl halides is 6. The van der Waals surface area contributed by atoms with Crippen LogP contribution in [0.5, 0.6) is 5.75 Å². The number of carbonyl (C=O) groups is 1. The Morgan fingerprint density at radius 2 is 1.56 bits per heavy atom. The zero-order chi connectivity index (χ0) is 30.0. The van der Waals surface area contributed by atoms with Gasteiger partial charge >= 0.3 is 12.4 Å². The van der Waals surface area contributed by atoms with E-state index in [1.165, 1.54) is 24.4 Å². The molecule has 0 saturated heterocycles. The molecule has 1 aromatic heterocycles. The maximum absolute atomic E-state index is 14.1. The minimum Gasteiger partial charge on any atom is -0.496 e. The first kappa shape index (κ1) is 29.9. The van der Waals surface area contributed by atoms with Crippen LogP contribution in [0.1, 0.15) is 38.3 Å². The summed E-state index contributed by atoms with van der Waals surface area (Å²) in [6.07, 6.45) is -8.92. The average molecular weight is 597 g/mol. The predicted octanol–water partition coefficient (Wildman–Crippen LogP) is 7.84. The fourth-order valence-corrected chi connectivity index (χ4v) is 4.51. The number of nitrogens with one attached hydrogen (secondary N) is 1. The predicted molar refractivity (Wildman–Crippen MR) is 137 cm³/mol. The first-order chi connectivity index (χ1) is 19.2. The van der Waals surface area contributed by atoms with Gasteiger partial charge in [-0.05, 0) is 53.6 Å². The quantitative estimate of drug-likeness (QED) is 0.221. The summed E-state index contributed by atoms with van der Waals surface area (Å²) in [6.45, 7) is 0. The largest absolute Gasteiger partial charge is 0.496 e. The lowest BCUT2D eigenvalue weighted by molar-refractivity contribution is -0.140. The highest BCUT2D eigenvalue weighted by Crippen LogP contribution is 2.41. The summed E-state index contributed by atoms with van der Waals surface area (Å²) in [5.74, 6) is -3.19. The highest BCUT2D eigenvalue weighted by molar-refractivity contribution is 6.30. The van der Waals surface area contributed by atoms with E-state index < -0.39 is 52.1 Å². The van der Waals surface area contributed by atoms with Crippen LogP contribution in [0, 0.1) is 5.82 Å². The van der Waals surface area contributed by atoms with Gasteiger partial charge in [0, 0.05) is 18.2 Å². The number of aromatic nitrogens is 1. The smallest absolute Gasteiger partial charge is 0.419 e. The molecule has 3 aromatic carbocycles. The molecule has 214 valence electrons. The molecule has 41 heavy (non-hydrogen) atoms. The van der Waals surface area contributed by atoms with E-state index in [0.717, 1.165) is 25.3 Å². The molecule has 1 N–H and O–H groups in total. The van der Waals surface area contributed by atoms with Crippen LogP contribution >= 0.6 is 11.6 Å². The summed E-state index contributed by atoms with van der Waals surface area (Å²) in [5, 5.41) is 2.81. The van der Waals surface area contributed by atoms with E-state index in [-0.39, 0.29) is 22.7 Å². The van der Waals surface area contributed by atoms with Gasteiger partial charge in [0.2, 0.25) is 0 Å². The SMILES string of the molecule is COc1ccc([C@@](Cc2ccccc2)(NC(=O)c2ccc(F)c(C(F)(F)F)c2)c2ccc(Cl)cn2)cc1C(F)(F)F. The second kappa shape index (κ2) is 11.4. The van der Waals surface area contributed by atoms with Crippen LogP contribution < -0.4 is 10.1 Å². The van der Waals surface area contributed by atoms with Crippen molar-refractivity contribution in [3.8, 4) is 5.75 Å². The Morgan fingerprint density at radius 3 is 2.15 bits per heavy atom. The number of ether oxygens (including phenoxy) is 1. The Hall–Kier alpha value is -4.12. The Labute approximate surface area is 234 Å². The first-order valence-electron chi connectivity index (χ1n) is 11.9.